The first-order chi connectivity index (χ1) is 10.4. The standard InChI is InChI=1S/C21H30O/c1-12-5-7-16-15(9-12)10-13(2)19-17-8-6-14(3)21(17,4)11-18(22)20(16)19/h9,13-14,16-17,19-20H,1,5-8,10-11H2,2-4H3/t13?,14-,16?,17?,19?,20?,21?/m0/s1. The van der Waals surface area contributed by atoms with Crippen molar-refractivity contribution in [1.29, 1.82) is 0 Å². The van der Waals surface area contributed by atoms with Crippen LogP contribution < -0.4 is 0 Å². The molecule has 4 aliphatic carbocycles. The molecule has 3 fully saturated rings. The van der Waals surface area contributed by atoms with Crippen LogP contribution in [0, 0.1) is 40.9 Å². The largest absolute Gasteiger partial charge is 0.299 e. The summed E-state index contributed by atoms with van der Waals surface area (Å²) in [6, 6.07) is 0. The Kier molecular flexibility index (Phi) is 3.23. The van der Waals surface area contributed by atoms with E-state index in [4.69, 9.17) is 0 Å². The van der Waals surface area contributed by atoms with Crippen molar-refractivity contribution < 1.29 is 4.79 Å². The highest BCUT2D eigenvalue weighted by atomic mass is 16.1. The third-order valence-electron chi connectivity index (χ3n) is 7.98. The molecule has 0 N–H and O–H groups in total. The molecule has 1 heteroatoms. The van der Waals surface area contributed by atoms with Crippen LogP contribution in [0.4, 0.5) is 0 Å². The van der Waals surface area contributed by atoms with Gasteiger partial charge in [0, 0.05) is 12.3 Å². The highest BCUT2D eigenvalue weighted by Crippen LogP contribution is 2.63. The maximum Gasteiger partial charge on any atom is 0.137 e. The maximum atomic E-state index is 13.2. The molecule has 0 aromatic rings. The lowest BCUT2D eigenvalue weighted by Gasteiger charge is -2.55. The SMILES string of the molecule is C=C1C=C2CC(C)C3C(C(=O)CC4(C)C3CC[C@@H]4C)C2CC1. The molecule has 1 nitrogen and oxygen atoms in total. The van der Waals surface area contributed by atoms with Crippen LogP contribution in [-0.2, 0) is 4.79 Å². The third-order valence-corrected chi connectivity index (χ3v) is 7.98. The zero-order chi connectivity index (χ0) is 15.6. The molecule has 0 heterocycles. The first-order valence-electron chi connectivity index (χ1n) is 9.32. The smallest absolute Gasteiger partial charge is 0.137 e. The Morgan fingerprint density at radius 1 is 1.23 bits per heavy atom. The zero-order valence-electron chi connectivity index (χ0n) is 14.4. The average Bonchev–Trinajstić information content (AvgIpc) is 2.74. The predicted octanol–water partition coefficient (Wildman–Crippen LogP) is 5.18. The van der Waals surface area contributed by atoms with Gasteiger partial charge in [-0.2, -0.15) is 0 Å². The van der Waals surface area contributed by atoms with E-state index < -0.39 is 0 Å². The van der Waals surface area contributed by atoms with Crippen molar-refractivity contribution in [3.63, 3.8) is 0 Å². The van der Waals surface area contributed by atoms with Gasteiger partial charge in [-0.25, -0.2) is 0 Å². The van der Waals surface area contributed by atoms with E-state index in [2.05, 4.69) is 33.4 Å². The van der Waals surface area contributed by atoms with Crippen LogP contribution in [0.25, 0.3) is 0 Å². The lowest BCUT2D eigenvalue weighted by atomic mass is 9.48. The molecule has 22 heavy (non-hydrogen) atoms. The molecule has 0 radical (unpaired) electrons. The minimum atomic E-state index is 0.284. The van der Waals surface area contributed by atoms with Crippen LogP contribution in [0.1, 0.15) is 59.3 Å². The summed E-state index contributed by atoms with van der Waals surface area (Å²) in [5.74, 6) is 4.27. The molecule has 6 unspecified atom stereocenters. The average molecular weight is 298 g/mol. The molecule has 3 saturated carbocycles. The highest BCUT2D eigenvalue weighted by molar-refractivity contribution is 5.84. The maximum absolute atomic E-state index is 13.2. The van der Waals surface area contributed by atoms with Crippen LogP contribution in [-0.4, -0.2) is 5.78 Å². The van der Waals surface area contributed by atoms with E-state index >= 15 is 0 Å². The third kappa shape index (κ3) is 1.87. The summed E-state index contributed by atoms with van der Waals surface area (Å²) < 4.78 is 0. The van der Waals surface area contributed by atoms with Crippen molar-refractivity contribution in [2.24, 2.45) is 40.9 Å². The number of hydrogen-bond acceptors (Lipinski definition) is 1. The van der Waals surface area contributed by atoms with E-state index in [0.717, 1.165) is 24.7 Å². The van der Waals surface area contributed by atoms with Gasteiger partial charge in [-0.05, 0) is 67.1 Å². The van der Waals surface area contributed by atoms with Crippen molar-refractivity contribution in [3.8, 4) is 0 Å². The Balaban J connectivity index is 1.75. The molecule has 120 valence electrons. The van der Waals surface area contributed by atoms with E-state index in [1.165, 1.54) is 31.3 Å². The van der Waals surface area contributed by atoms with E-state index in [9.17, 15) is 4.79 Å². The van der Waals surface area contributed by atoms with Crippen molar-refractivity contribution in [1.82, 2.24) is 0 Å². The van der Waals surface area contributed by atoms with Gasteiger partial charge >= 0.3 is 0 Å². The highest BCUT2D eigenvalue weighted by Gasteiger charge is 2.59. The Bertz CT molecular complexity index is 556. The van der Waals surface area contributed by atoms with Crippen LogP contribution in [0.3, 0.4) is 0 Å². The van der Waals surface area contributed by atoms with Gasteiger partial charge in [0.1, 0.15) is 5.78 Å². The number of ketones is 1. The van der Waals surface area contributed by atoms with Gasteiger partial charge in [-0.1, -0.05) is 44.6 Å². The minimum Gasteiger partial charge on any atom is -0.299 e. The summed E-state index contributed by atoms with van der Waals surface area (Å²) in [6.07, 6.45) is 9.33. The summed E-state index contributed by atoms with van der Waals surface area (Å²) in [6.45, 7) is 11.4. The number of carbonyl (C=O) groups is 1. The fourth-order valence-electron chi connectivity index (χ4n) is 6.69. The Morgan fingerprint density at radius 3 is 2.77 bits per heavy atom. The van der Waals surface area contributed by atoms with E-state index in [1.54, 1.807) is 5.57 Å². The van der Waals surface area contributed by atoms with Crippen LogP contribution in [0.2, 0.25) is 0 Å². The quantitative estimate of drug-likeness (QED) is 0.602. The summed E-state index contributed by atoms with van der Waals surface area (Å²) in [5, 5.41) is 0. The van der Waals surface area contributed by atoms with Crippen molar-refractivity contribution in [2.75, 3.05) is 0 Å². The van der Waals surface area contributed by atoms with E-state index in [0.29, 0.717) is 29.5 Å². The van der Waals surface area contributed by atoms with Crippen LogP contribution >= 0.6 is 0 Å². The van der Waals surface area contributed by atoms with E-state index in [1.807, 2.05) is 0 Å². The Morgan fingerprint density at radius 2 is 2.00 bits per heavy atom. The second-order valence-corrected chi connectivity index (χ2v) is 9.04. The van der Waals surface area contributed by atoms with Crippen molar-refractivity contribution >= 4 is 5.78 Å². The van der Waals surface area contributed by atoms with Crippen LogP contribution in [0.15, 0.2) is 23.8 Å². The van der Waals surface area contributed by atoms with Crippen LogP contribution in [0.5, 0.6) is 0 Å². The Hall–Kier alpha value is -0.850. The molecular weight excluding hydrogens is 268 g/mol. The number of hydrogen-bond donors (Lipinski definition) is 0. The fraction of sp³-hybridized carbons (Fsp3) is 0.762. The molecular formula is C21H30O. The Labute approximate surface area is 135 Å². The lowest BCUT2D eigenvalue weighted by molar-refractivity contribution is -0.143. The van der Waals surface area contributed by atoms with Gasteiger partial charge < -0.3 is 0 Å². The lowest BCUT2D eigenvalue weighted by Crippen LogP contribution is -2.53. The van der Waals surface area contributed by atoms with Crippen molar-refractivity contribution in [3.05, 3.63) is 23.8 Å². The van der Waals surface area contributed by atoms with Gasteiger partial charge in [0.2, 0.25) is 0 Å². The topological polar surface area (TPSA) is 17.1 Å². The summed E-state index contributed by atoms with van der Waals surface area (Å²) in [4.78, 5) is 13.2. The van der Waals surface area contributed by atoms with Gasteiger partial charge in [0.15, 0.2) is 0 Å². The normalized spacial score (nSPS) is 51.0. The zero-order valence-corrected chi connectivity index (χ0v) is 14.4. The summed E-state index contributed by atoms with van der Waals surface area (Å²) in [7, 11) is 0. The second kappa shape index (κ2) is 4.82. The van der Waals surface area contributed by atoms with Crippen molar-refractivity contribution in [2.45, 2.75) is 59.3 Å². The van der Waals surface area contributed by atoms with Gasteiger partial charge in [0.25, 0.3) is 0 Å². The number of allylic oxidation sites excluding steroid dienone is 3. The molecule has 0 saturated heterocycles. The minimum absolute atomic E-state index is 0.284. The number of rotatable bonds is 0. The molecule has 0 aliphatic heterocycles. The number of Topliss-reactive ketones (excluding diaryl/α,β-unsaturated/α-hetero) is 1. The molecule has 7 atom stereocenters. The first kappa shape index (κ1) is 14.7. The monoisotopic (exact) mass is 298 g/mol. The molecule has 4 aliphatic rings. The van der Waals surface area contributed by atoms with Gasteiger partial charge in [-0.15, -0.1) is 0 Å². The molecule has 0 aromatic carbocycles. The van der Waals surface area contributed by atoms with E-state index in [-0.39, 0.29) is 5.41 Å². The summed E-state index contributed by atoms with van der Waals surface area (Å²) >= 11 is 0. The second-order valence-electron chi connectivity index (χ2n) is 9.04. The number of carbonyl (C=O) groups excluding carboxylic acids is 1. The van der Waals surface area contributed by atoms with Gasteiger partial charge in [-0.3, -0.25) is 4.79 Å². The molecule has 0 amide bonds. The van der Waals surface area contributed by atoms with Gasteiger partial charge in [0.05, 0.1) is 0 Å². The molecule has 0 spiro atoms. The molecule has 4 rings (SSSR count). The number of fused-ring (bicyclic) bond motifs is 5. The summed E-state index contributed by atoms with van der Waals surface area (Å²) in [5.41, 5.74) is 3.11. The molecule has 0 aromatic heterocycles. The molecule has 0 bridgehead atoms. The first-order valence-corrected chi connectivity index (χ1v) is 9.32. The fourth-order valence-corrected chi connectivity index (χ4v) is 6.69. The predicted molar refractivity (Wildman–Crippen MR) is 90.3 cm³/mol.